The molecule has 0 amide bonds. The van der Waals surface area contributed by atoms with Crippen LogP contribution in [0.25, 0.3) is 17.2 Å². The molecule has 0 aliphatic carbocycles. The van der Waals surface area contributed by atoms with Crippen molar-refractivity contribution in [1.29, 1.82) is 0 Å². The van der Waals surface area contributed by atoms with Crippen molar-refractivity contribution in [3.8, 4) is 17.2 Å². The van der Waals surface area contributed by atoms with Gasteiger partial charge in [0.2, 0.25) is 0 Å². The van der Waals surface area contributed by atoms with Gasteiger partial charge < -0.3 is 4.57 Å². The lowest BCUT2D eigenvalue weighted by atomic mass is 10.3. The van der Waals surface area contributed by atoms with E-state index < -0.39 is 0 Å². The fraction of sp³-hybridized carbons (Fsp3) is 0.118. The van der Waals surface area contributed by atoms with E-state index in [1.165, 1.54) is 0 Å². The van der Waals surface area contributed by atoms with Gasteiger partial charge in [0, 0.05) is 17.5 Å². The topological polar surface area (TPSA) is 53.5 Å². The third kappa shape index (κ3) is 2.46. The van der Waals surface area contributed by atoms with E-state index in [9.17, 15) is 0 Å². The summed E-state index contributed by atoms with van der Waals surface area (Å²) in [5.41, 5.74) is 4.19. The summed E-state index contributed by atoms with van der Waals surface area (Å²) in [7, 11) is 0. The van der Waals surface area contributed by atoms with Gasteiger partial charge in [0.1, 0.15) is 4.60 Å². The number of rotatable bonds is 3. The fourth-order valence-electron chi connectivity index (χ4n) is 2.78. The first-order chi connectivity index (χ1) is 11.6. The van der Waals surface area contributed by atoms with E-state index in [1.54, 1.807) is 10.9 Å². The second kappa shape index (κ2) is 5.76. The van der Waals surface area contributed by atoms with E-state index >= 15 is 0 Å². The molecule has 0 unspecified atom stereocenters. The number of halogens is 1. The van der Waals surface area contributed by atoms with Crippen molar-refractivity contribution in [2.24, 2.45) is 0 Å². The molecule has 0 atom stereocenters. The zero-order valence-corrected chi connectivity index (χ0v) is 14.8. The van der Waals surface area contributed by atoms with Crippen molar-refractivity contribution >= 4 is 15.9 Å². The molecule has 24 heavy (non-hydrogen) atoms. The molecule has 120 valence electrons. The van der Waals surface area contributed by atoms with Gasteiger partial charge in [-0.3, -0.25) is 0 Å². The number of hydrogen-bond acceptors (Lipinski definition) is 3. The van der Waals surface area contributed by atoms with Crippen LogP contribution in [0.4, 0.5) is 0 Å². The first kappa shape index (κ1) is 14.9. The average molecular weight is 383 g/mol. The third-order valence-electron chi connectivity index (χ3n) is 3.91. The van der Waals surface area contributed by atoms with E-state index in [-0.39, 0.29) is 0 Å². The van der Waals surface area contributed by atoms with Crippen molar-refractivity contribution in [1.82, 2.24) is 29.3 Å². The Morgan fingerprint density at radius 1 is 0.958 bits per heavy atom. The summed E-state index contributed by atoms with van der Waals surface area (Å²) in [6.45, 7) is 4.15. The average Bonchev–Trinajstić information content (AvgIpc) is 3.29. The highest BCUT2D eigenvalue weighted by molar-refractivity contribution is 9.10. The minimum atomic E-state index is 0.882. The van der Waals surface area contributed by atoms with Gasteiger partial charge in [-0.1, -0.05) is 11.3 Å². The van der Waals surface area contributed by atoms with Crippen LogP contribution in [0, 0.1) is 13.8 Å². The summed E-state index contributed by atoms with van der Waals surface area (Å²) in [4.78, 5) is 0. The molecular weight excluding hydrogens is 368 g/mol. The monoisotopic (exact) mass is 382 g/mol. The van der Waals surface area contributed by atoms with Crippen molar-refractivity contribution in [2.75, 3.05) is 0 Å². The van der Waals surface area contributed by atoms with E-state index in [0.717, 1.165) is 33.2 Å². The molecule has 4 rings (SSSR count). The second-order valence-corrected chi connectivity index (χ2v) is 6.37. The van der Waals surface area contributed by atoms with Gasteiger partial charge in [-0.2, -0.15) is 0 Å². The van der Waals surface area contributed by atoms with Gasteiger partial charge in [-0.15, -0.1) is 10.2 Å². The molecule has 0 fully saturated rings. The van der Waals surface area contributed by atoms with Crippen LogP contribution in [-0.4, -0.2) is 29.3 Å². The standard InChI is InChI=1S/C17H15BrN6/c1-12-6-7-13(2)23(12)17-11-16(18)24(20-17)15-5-3-4-14(10-15)22-9-8-19-21-22/h3-11H,1-2H3. The van der Waals surface area contributed by atoms with E-state index in [0.29, 0.717) is 0 Å². The molecule has 1 aromatic carbocycles. The lowest BCUT2D eigenvalue weighted by Gasteiger charge is -2.07. The molecule has 0 radical (unpaired) electrons. The smallest absolute Gasteiger partial charge is 0.160 e. The SMILES string of the molecule is Cc1ccc(C)n1-c1cc(Br)n(-c2cccc(-n3ccnn3)c2)n1. The predicted octanol–water partition coefficient (Wildman–Crippen LogP) is 3.62. The van der Waals surface area contributed by atoms with Gasteiger partial charge in [-0.05, 0) is 60.1 Å². The van der Waals surface area contributed by atoms with E-state index in [1.807, 2.05) is 41.2 Å². The number of aromatic nitrogens is 6. The Morgan fingerprint density at radius 3 is 2.42 bits per heavy atom. The summed E-state index contributed by atoms with van der Waals surface area (Å²) in [6.07, 6.45) is 3.47. The molecule has 0 bridgehead atoms. The highest BCUT2D eigenvalue weighted by Gasteiger charge is 2.12. The Labute approximate surface area is 147 Å². The Kier molecular flexibility index (Phi) is 3.57. The Hall–Kier alpha value is -2.67. The number of aryl methyl sites for hydroxylation is 2. The maximum Gasteiger partial charge on any atom is 0.160 e. The predicted molar refractivity (Wildman–Crippen MR) is 95.0 cm³/mol. The molecule has 0 N–H and O–H groups in total. The lowest BCUT2D eigenvalue weighted by molar-refractivity contribution is 0.792. The van der Waals surface area contributed by atoms with Crippen molar-refractivity contribution in [3.63, 3.8) is 0 Å². The molecule has 0 aliphatic rings. The molecule has 3 heterocycles. The third-order valence-corrected chi connectivity index (χ3v) is 4.48. The van der Waals surface area contributed by atoms with E-state index in [2.05, 4.69) is 56.8 Å². The Morgan fingerprint density at radius 2 is 1.71 bits per heavy atom. The highest BCUT2D eigenvalue weighted by Crippen LogP contribution is 2.23. The van der Waals surface area contributed by atoms with Crippen LogP contribution in [0.5, 0.6) is 0 Å². The summed E-state index contributed by atoms with van der Waals surface area (Å²) in [5, 5.41) is 12.6. The second-order valence-electron chi connectivity index (χ2n) is 5.56. The Bertz CT molecular complexity index is 977. The quantitative estimate of drug-likeness (QED) is 0.543. The summed E-state index contributed by atoms with van der Waals surface area (Å²) >= 11 is 3.61. The zero-order chi connectivity index (χ0) is 16.7. The normalized spacial score (nSPS) is 11.1. The van der Waals surface area contributed by atoms with Crippen LogP contribution in [0.2, 0.25) is 0 Å². The Balaban J connectivity index is 1.80. The molecule has 0 aliphatic heterocycles. The molecular formula is C17H15BrN6. The largest absolute Gasteiger partial charge is 0.302 e. The number of nitrogens with zero attached hydrogens (tertiary/aromatic N) is 6. The summed E-state index contributed by atoms with van der Waals surface area (Å²) in [5.74, 6) is 0.882. The number of benzene rings is 1. The lowest BCUT2D eigenvalue weighted by Crippen LogP contribution is -2.03. The van der Waals surface area contributed by atoms with Crippen molar-refractivity contribution < 1.29 is 0 Å². The highest BCUT2D eigenvalue weighted by atomic mass is 79.9. The van der Waals surface area contributed by atoms with Crippen LogP contribution in [-0.2, 0) is 0 Å². The number of hydrogen-bond donors (Lipinski definition) is 0. The molecule has 3 aromatic heterocycles. The minimum Gasteiger partial charge on any atom is -0.302 e. The molecule has 0 spiro atoms. The first-order valence-corrected chi connectivity index (χ1v) is 8.31. The zero-order valence-electron chi connectivity index (χ0n) is 13.3. The van der Waals surface area contributed by atoms with Gasteiger partial charge in [0.15, 0.2) is 5.82 Å². The van der Waals surface area contributed by atoms with Crippen LogP contribution in [0.3, 0.4) is 0 Å². The van der Waals surface area contributed by atoms with Gasteiger partial charge in [0.05, 0.1) is 23.8 Å². The molecule has 0 saturated carbocycles. The van der Waals surface area contributed by atoms with Crippen LogP contribution in [0.1, 0.15) is 11.4 Å². The van der Waals surface area contributed by atoms with Crippen LogP contribution >= 0.6 is 15.9 Å². The van der Waals surface area contributed by atoms with Crippen molar-refractivity contribution in [2.45, 2.75) is 13.8 Å². The maximum absolute atomic E-state index is 4.75. The van der Waals surface area contributed by atoms with Crippen molar-refractivity contribution in [3.05, 3.63) is 70.8 Å². The molecule has 6 nitrogen and oxygen atoms in total. The first-order valence-electron chi connectivity index (χ1n) is 7.51. The summed E-state index contributed by atoms with van der Waals surface area (Å²) in [6, 6.07) is 14.2. The van der Waals surface area contributed by atoms with Gasteiger partial charge >= 0.3 is 0 Å². The minimum absolute atomic E-state index is 0.882. The van der Waals surface area contributed by atoms with Gasteiger partial charge in [0.25, 0.3) is 0 Å². The van der Waals surface area contributed by atoms with Crippen LogP contribution < -0.4 is 0 Å². The van der Waals surface area contributed by atoms with Crippen LogP contribution in [0.15, 0.2) is 59.5 Å². The molecule has 7 heteroatoms. The molecule has 4 aromatic rings. The maximum atomic E-state index is 4.75. The fourth-order valence-corrected chi connectivity index (χ4v) is 3.27. The summed E-state index contributed by atoms with van der Waals surface area (Å²) < 4.78 is 6.61. The van der Waals surface area contributed by atoms with Gasteiger partial charge in [-0.25, -0.2) is 9.36 Å². The molecule has 0 saturated heterocycles. The van der Waals surface area contributed by atoms with E-state index in [4.69, 9.17) is 5.10 Å².